The third-order valence-electron chi connectivity index (χ3n) is 2.61. The van der Waals surface area contributed by atoms with E-state index in [4.69, 9.17) is 4.74 Å². The Morgan fingerprint density at radius 3 is 2.65 bits per heavy atom. The highest BCUT2D eigenvalue weighted by atomic mass is 16.6. The molecule has 0 unspecified atom stereocenters. The zero-order valence-electron chi connectivity index (χ0n) is 12.6. The number of alkyl carbamates (subject to hydrolysis) is 1. The van der Waals surface area contributed by atoms with Gasteiger partial charge in [0.2, 0.25) is 0 Å². The van der Waals surface area contributed by atoms with Crippen LogP contribution < -0.4 is 10.6 Å². The average molecular weight is 280 g/mol. The zero-order chi connectivity index (χ0) is 15.2. The van der Waals surface area contributed by atoms with Crippen LogP contribution in [-0.2, 0) is 11.3 Å². The van der Waals surface area contributed by atoms with Gasteiger partial charge in [-0.15, -0.1) is 0 Å². The lowest BCUT2D eigenvalue weighted by atomic mass is 10.1. The second-order valence-electron chi connectivity index (χ2n) is 5.69. The lowest BCUT2D eigenvalue weighted by Crippen LogP contribution is -2.36. The van der Waals surface area contributed by atoms with Crippen molar-refractivity contribution in [2.45, 2.75) is 39.8 Å². The van der Waals surface area contributed by atoms with Crippen molar-refractivity contribution in [2.75, 3.05) is 13.1 Å². The Labute approximate surface area is 120 Å². The van der Waals surface area contributed by atoms with Gasteiger partial charge in [0, 0.05) is 25.2 Å². The third kappa shape index (κ3) is 5.93. The van der Waals surface area contributed by atoms with E-state index in [9.17, 15) is 9.90 Å². The number of nitrogens with one attached hydrogen (secondary N) is 2. The fourth-order valence-electron chi connectivity index (χ4n) is 1.65. The van der Waals surface area contributed by atoms with Gasteiger partial charge in [0.1, 0.15) is 11.4 Å². The monoisotopic (exact) mass is 280 g/mol. The van der Waals surface area contributed by atoms with Crippen LogP contribution >= 0.6 is 0 Å². The van der Waals surface area contributed by atoms with E-state index in [1.165, 1.54) is 0 Å². The quantitative estimate of drug-likeness (QED) is 0.724. The zero-order valence-corrected chi connectivity index (χ0v) is 12.6. The molecule has 0 fully saturated rings. The van der Waals surface area contributed by atoms with Crippen LogP contribution in [0.25, 0.3) is 0 Å². The molecule has 0 heterocycles. The molecule has 1 rings (SSSR count). The van der Waals surface area contributed by atoms with Crippen molar-refractivity contribution in [3.8, 4) is 5.75 Å². The highest BCUT2D eigenvalue weighted by Crippen LogP contribution is 2.20. The predicted octanol–water partition coefficient (Wildman–Crippen LogP) is 2.31. The predicted molar refractivity (Wildman–Crippen MR) is 78.8 cm³/mol. The van der Waals surface area contributed by atoms with Crippen molar-refractivity contribution in [1.29, 1.82) is 0 Å². The van der Waals surface area contributed by atoms with Crippen LogP contribution in [0.2, 0.25) is 0 Å². The molecular formula is C15H24N2O3. The lowest BCUT2D eigenvalue weighted by Gasteiger charge is -2.19. The number of rotatable bonds is 5. The molecule has 0 saturated heterocycles. The molecule has 20 heavy (non-hydrogen) atoms. The minimum Gasteiger partial charge on any atom is -0.507 e. The number of benzene rings is 1. The average Bonchev–Trinajstić information content (AvgIpc) is 2.31. The number of aryl methyl sites for hydroxylation is 1. The van der Waals surface area contributed by atoms with E-state index in [0.29, 0.717) is 25.4 Å². The smallest absolute Gasteiger partial charge is 0.407 e. The van der Waals surface area contributed by atoms with Crippen molar-refractivity contribution >= 4 is 6.09 Å². The van der Waals surface area contributed by atoms with Crippen LogP contribution in [0, 0.1) is 6.92 Å². The Morgan fingerprint density at radius 1 is 1.30 bits per heavy atom. The van der Waals surface area contributed by atoms with Gasteiger partial charge in [0.05, 0.1) is 0 Å². The molecule has 0 saturated carbocycles. The van der Waals surface area contributed by atoms with Crippen molar-refractivity contribution in [2.24, 2.45) is 0 Å². The molecule has 5 heteroatoms. The molecule has 1 aromatic rings. The summed E-state index contributed by atoms with van der Waals surface area (Å²) in [7, 11) is 0. The molecule has 0 spiro atoms. The lowest BCUT2D eigenvalue weighted by molar-refractivity contribution is 0.0528. The summed E-state index contributed by atoms with van der Waals surface area (Å²) in [6.07, 6.45) is -0.419. The van der Waals surface area contributed by atoms with Gasteiger partial charge in [-0.1, -0.05) is 18.2 Å². The Bertz CT molecular complexity index is 453. The molecule has 3 N–H and O–H groups in total. The Hall–Kier alpha value is -1.75. The standard InChI is InChI=1S/C15H24N2O3/c1-11-6-5-7-12(13(11)18)10-16-8-9-17-14(19)20-15(2,3)4/h5-7,16,18H,8-10H2,1-4H3,(H,17,19). The van der Waals surface area contributed by atoms with E-state index in [2.05, 4.69) is 10.6 Å². The fraction of sp³-hybridized carbons (Fsp3) is 0.533. The van der Waals surface area contributed by atoms with E-state index in [0.717, 1.165) is 11.1 Å². The van der Waals surface area contributed by atoms with Crippen molar-refractivity contribution in [1.82, 2.24) is 10.6 Å². The number of carbonyl (C=O) groups excluding carboxylic acids is 1. The second-order valence-corrected chi connectivity index (χ2v) is 5.69. The number of phenolic OH excluding ortho intramolecular Hbond substituents is 1. The van der Waals surface area contributed by atoms with Gasteiger partial charge in [-0.2, -0.15) is 0 Å². The van der Waals surface area contributed by atoms with E-state index >= 15 is 0 Å². The Kier molecular flexibility index (Phi) is 5.82. The third-order valence-corrected chi connectivity index (χ3v) is 2.61. The van der Waals surface area contributed by atoms with Gasteiger partial charge in [0.15, 0.2) is 0 Å². The minimum absolute atomic E-state index is 0.320. The summed E-state index contributed by atoms with van der Waals surface area (Å²) < 4.78 is 5.12. The summed E-state index contributed by atoms with van der Waals surface area (Å²) in [6.45, 7) is 8.97. The molecule has 0 aliphatic rings. The number of para-hydroxylation sites is 1. The van der Waals surface area contributed by atoms with Crippen LogP contribution in [0.3, 0.4) is 0 Å². The molecule has 0 radical (unpaired) electrons. The van der Waals surface area contributed by atoms with E-state index < -0.39 is 11.7 Å². The summed E-state index contributed by atoms with van der Waals surface area (Å²) in [4.78, 5) is 11.4. The molecule has 0 aliphatic carbocycles. The summed E-state index contributed by atoms with van der Waals surface area (Å²) in [5.74, 6) is 0.320. The van der Waals surface area contributed by atoms with E-state index in [1.807, 2.05) is 45.9 Å². The van der Waals surface area contributed by atoms with Crippen LogP contribution in [-0.4, -0.2) is 29.9 Å². The van der Waals surface area contributed by atoms with Crippen molar-refractivity contribution in [3.63, 3.8) is 0 Å². The number of hydrogen-bond acceptors (Lipinski definition) is 4. The molecule has 0 atom stereocenters. The van der Waals surface area contributed by atoms with Gasteiger partial charge >= 0.3 is 6.09 Å². The van der Waals surface area contributed by atoms with Gasteiger partial charge in [-0.05, 0) is 33.3 Å². The van der Waals surface area contributed by atoms with Gasteiger partial charge in [-0.25, -0.2) is 4.79 Å². The molecule has 112 valence electrons. The number of aromatic hydroxyl groups is 1. The minimum atomic E-state index is -0.481. The first kappa shape index (κ1) is 16.3. The number of carbonyl (C=O) groups is 1. The van der Waals surface area contributed by atoms with Gasteiger partial charge in [-0.3, -0.25) is 0 Å². The number of ether oxygens (including phenoxy) is 1. The molecule has 0 bridgehead atoms. The van der Waals surface area contributed by atoms with Gasteiger partial charge in [0.25, 0.3) is 0 Å². The second kappa shape index (κ2) is 7.14. The first-order valence-electron chi connectivity index (χ1n) is 6.74. The number of amides is 1. The first-order chi connectivity index (χ1) is 9.29. The van der Waals surface area contributed by atoms with E-state index in [-0.39, 0.29) is 0 Å². The maximum absolute atomic E-state index is 11.4. The van der Waals surface area contributed by atoms with Crippen LogP contribution in [0.1, 0.15) is 31.9 Å². The SMILES string of the molecule is Cc1cccc(CNCCNC(=O)OC(C)(C)C)c1O. The molecule has 1 aromatic carbocycles. The first-order valence-corrected chi connectivity index (χ1v) is 6.74. The summed E-state index contributed by atoms with van der Waals surface area (Å²) in [5.41, 5.74) is 1.23. The highest BCUT2D eigenvalue weighted by Gasteiger charge is 2.15. The number of phenols is 1. The number of hydrogen-bond donors (Lipinski definition) is 3. The molecule has 0 aromatic heterocycles. The molecule has 5 nitrogen and oxygen atoms in total. The normalized spacial score (nSPS) is 11.2. The maximum atomic E-state index is 11.4. The molecular weight excluding hydrogens is 256 g/mol. The van der Waals surface area contributed by atoms with Crippen molar-refractivity contribution in [3.05, 3.63) is 29.3 Å². The Balaban J connectivity index is 2.23. The molecule has 1 amide bonds. The highest BCUT2D eigenvalue weighted by molar-refractivity contribution is 5.67. The maximum Gasteiger partial charge on any atom is 0.407 e. The molecule has 0 aliphatic heterocycles. The summed E-state index contributed by atoms with van der Waals surface area (Å²) in [6, 6.07) is 5.64. The van der Waals surface area contributed by atoms with Crippen LogP contribution in [0.4, 0.5) is 4.79 Å². The van der Waals surface area contributed by atoms with Crippen LogP contribution in [0.15, 0.2) is 18.2 Å². The topological polar surface area (TPSA) is 70.6 Å². The summed E-state index contributed by atoms with van der Waals surface area (Å²) in [5, 5.41) is 15.7. The Morgan fingerprint density at radius 2 is 2.00 bits per heavy atom. The van der Waals surface area contributed by atoms with E-state index in [1.54, 1.807) is 0 Å². The van der Waals surface area contributed by atoms with Crippen LogP contribution in [0.5, 0.6) is 5.75 Å². The fourth-order valence-corrected chi connectivity index (χ4v) is 1.65. The largest absolute Gasteiger partial charge is 0.507 e. The summed E-state index contributed by atoms with van der Waals surface area (Å²) >= 11 is 0. The van der Waals surface area contributed by atoms with Crippen molar-refractivity contribution < 1.29 is 14.6 Å². The van der Waals surface area contributed by atoms with Gasteiger partial charge < -0.3 is 20.5 Å².